The lowest BCUT2D eigenvalue weighted by molar-refractivity contribution is -0.139. The van der Waals surface area contributed by atoms with E-state index in [0.717, 1.165) is 11.1 Å². The van der Waals surface area contributed by atoms with Crippen molar-refractivity contribution in [3.05, 3.63) is 76.1 Å². The molecule has 1 aliphatic carbocycles. The quantitative estimate of drug-likeness (QED) is 0.397. The molecule has 178 valence electrons. The van der Waals surface area contributed by atoms with Crippen molar-refractivity contribution in [3.63, 3.8) is 0 Å². The van der Waals surface area contributed by atoms with Gasteiger partial charge in [0.15, 0.2) is 6.61 Å². The molecule has 11 heteroatoms. The molecule has 1 heterocycles. The van der Waals surface area contributed by atoms with Gasteiger partial charge in [-0.05, 0) is 82.7 Å². The van der Waals surface area contributed by atoms with Crippen molar-refractivity contribution >= 4 is 38.9 Å². The Hall–Kier alpha value is -3.02. The Morgan fingerprint density at radius 1 is 1.29 bits per heavy atom. The van der Waals surface area contributed by atoms with E-state index in [1.54, 1.807) is 18.2 Å². The number of hydrogen-bond acceptors (Lipinski definition) is 6. The summed E-state index contributed by atoms with van der Waals surface area (Å²) in [5.41, 5.74) is 1.86. The van der Waals surface area contributed by atoms with E-state index in [-0.39, 0.29) is 5.88 Å². The molecule has 0 saturated heterocycles. The van der Waals surface area contributed by atoms with Crippen LogP contribution in [0.4, 0.5) is 10.1 Å². The van der Waals surface area contributed by atoms with Crippen LogP contribution in [0.3, 0.4) is 0 Å². The molecule has 0 fully saturated rings. The first-order valence-electron chi connectivity index (χ1n) is 10.3. The summed E-state index contributed by atoms with van der Waals surface area (Å²) in [5.74, 6) is -0.482. The summed E-state index contributed by atoms with van der Waals surface area (Å²) in [4.78, 5) is 15.2. The number of carbonyl (C=O) groups is 1. The molecular weight excluding hydrogens is 531 g/mol. The Bertz CT molecular complexity index is 1230. The lowest BCUT2D eigenvalue weighted by Gasteiger charge is -2.38. The van der Waals surface area contributed by atoms with E-state index in [2.05, 4.69) is 20.9 Å². The van der Waals surface area contributed by atoms with Crippen molar-refractivity contribution in [3.8, 4) is 17.4 Å². The molecule has 0 bridgehead atoms. The van der Waals surface area contributed by atoms with Crippen LogP contribution < -0.4 is 13.8 Å². The smallest absolute Gasteiger partial charge is 0.341 e. The van der Waals surface area contributed by atoms with Gasteiger partial charge in [0, 0.05) is 11.3 Å². The maximum Gasteiger partial charge on any atom is 0.341 e. The summed E-state index contributed by atoms with van der Waals surface area (Å²) < 4.78 is 50.5. The number of ether oxygens (including phenoxy) is 2. The van der Waals surface area contributed by atoms with Crippen molar-refractivity contribution in [2.24, 2.45) is 0 Å². The van der Waals surface area contributed by atoms with Gasteiger partial charge in [-0.25, -0.2) is 14.2 Å². The van der Waals surface area contributed by atoms with Gasteiger partial charge < -0.3 is 19.1 Å². The number of hydrogen-bond donors (Lipinski definition) is 1. The first-order valence-corrected chi connectivity index (χ1v) is 12.1. The summed E-state index contributed by atoms with van der Waals surface area (Å²) in [6, 6.07) is 11.7. The Morgan fingerprint density at radius 3 is 2.74 bits per heavy atom. The number of aromatic nitrogens is 1. The third kappa shape index (κ3) is 5.37. The van der Waals surface area contributed by atoms with Gasteiger partial charge in [0.25, 0.3) is 0 Å². The van der Waals surface area contributed by atoms with E-state index in [1.807, 2.05) is 6.07 Å². The summed E-state index contributed by atoms with van der Waals surface area (Å²) in [7, 11) is 0. The molecule has 0 saturated carbocycles. The fourth-order valence-electron chi connectivity index (χ4n) is 3.90. The highest BCUT2D eigenvalue weighted by Crippen LogP contribution is 2.42. The van der Waals surface area contributed by atoms with Gasteiger partial charge in [0.05, 0.1) is 22.4 Å². The van der Waals surface area contributed by atoms with Gasteiger partial charge in [-0.2, -0.15) is 0 Å². The van der Waals surface area contributed by atoms with Crippen molar-refractivity contribution in [2.75, 3.05) is 10.9 Å². The molecular formula is C23H19BrFN2O6S-. The highest BCUT2D eigenvalue weighted by Gasteiger charge is 2.30. The van der Waals surface area contributed by atoms with Gasteiger partial charge >= 0.3 is 5.97 Å². The molecule has 1 aromatic heterocycles. The van der Waals surface area contributed by atoms with E-state index in [0.29, 0.717) is 40.9 Å². The molecule has 2 unspecified atom stereocenters. The Kier molecular flexibility index (Phi) is 7.44. The van der Waals surface area contributed by atoms with Crippen LogP contribution in [0, 0.1) is 5.82 Å². The topological polar surface area (TPSA) is 112 Å². The Labute approximate surface area is 205 Å². The summed E-state index contributed by atoms with van der Waals surface area (Å²) in [5, 5.41) is 8.94. The minimum absolute atomic E-state index is 0.195. The molecule has 2 aromatic carbocycles. The van der Waals surface area contributed by atoms with Gasteiger partial charge in [-0.15, -0.1) is 0 Å². The minimum Gasteiger partial charge on any atom is -0.755 e. The maximum absolute atomic E-state index is 13.1. The number of carboxylic acid groups (broad SMARTS) is 1. The molecule has 2 atom stereocenters. The monoisotopic (exact) mass is 549 g/mol. The minimum atomic E-state index is -2.63. The molecule has 0 aliphatic heterocycles. The van der Waals surface area contributed by atoms with Crippen molar-refractivity contribution in [2.45, 2.75) is 25.3 Å². The number of pyridine rings is 1. The lowest BCUT2D eigenvalue weighted by atomic mass is 9.87. The third-order valence-electron chi connectivity index (χ3n) is 5.30. The number of fused-ring (bicyclic) bond motifs is 1. The summed E-state index contributed by atoms with van der Waals surface area (Å²) in [6.07, 6.45) is 3.29. The predicted molar refractivity (Wildman–Crippen MR) is 125 cm³/mol. The summed E-state index contributed by atoms with van der Waals surface area (Å²) >= 11 is 0.746. The zero-order valence-corrected chi connectivity index (χ0v) is 20.1. The average molecular weight is 550 g/mol. The van der Waals surface area contributed by atoms with Crippen LogP contribution in [0.15, 0.2) is 59.2 Å². The van der Waals surface area contributed by atoms with E-state index in [9.17, 15) is 17.9 Å². The second kappa shape index (κ2) is 10.5. The first-order chi connectivity index (χ1) is 16.3. The van der Waals surface area contributed by atoms with Crippen molar-refractivity contribution < 1.29 is 32.5 Å². The summed E-state index contributed by atoms with van der Waals surface area (Å²) in [6.45, 7) is -0.481. The van der Waals surface area contributed by atoms with Crippen LogP contribution >= 0.6 is 15.9 Å². The van der Waals surface area contributed by atoms with Gasteiger partial charge in [0.2, 0.25) is 5.88 Å². The molecule has 4 rings (SSSR count). The maximum atomic E-state index is 13.1. The number of halogens is 2. The highest BCUT2D eigenvalue weighted by molar-refractivity contribution is 9.10. The molecule has 0 amide bonds. The van der Waals surface area contributed by atoms with Gasteiger partial charge in [0.1, 0.15) is 17.3 Å². The number of nitrogens with zero attached hydrogens (tertiary/aromatic N) is 2. The predicted octanol–water partition coefficient (Wildman–Crippen LogP) is 4.92. The van der Waals surface area contributed by atoms with Gasteiger partial charge in [-0.1, -0.05) is 12.1 Å². The van der Waals surface area contributed by atoms with Crippen LogP contribution in [-0.2, 0) is 22.5 Å². The molecule has 34 heavy (non-hydrogen) atoms. The number of anilines is 1. The number of aliphatic carboxylic acids is 1. The van der Waals surface area contributed by atoms with Crippen LogP contribution in [0.2, 0.25) is 0 Å². The number of carboxylic acids is 1. The molecule has 0 radical (unpaired) electrons. The Balaban J connectivity index is 1.64. The van der Waals surface area contributed by atoms with Gasteiger partial charge in [-0.3, -0.25) is 8.51 Å². The fraction of sp³-hybridized carbons (Fsp3) is 0.217. The molecule has 1 aliphatic rings. The molecule has 1 N–H and O–H groups in total. The molecule has 3 aromatic rings. The van der Waals surface area contributed by atoms with E-state index in [1.165, 1.54) is 34.8 Å². The number of benzene rings is 2. The zero-order valence-electron chi connectivity index (χ0n) is 17.6. The van der Waals surface area contributed by atoms with Crippen LogP contribution in [0.5, 0.6) is 17.4 Å². The second-order valence-electron chi connectivity index (χ2n) is 7.49. The molecule has 8 nitrogen and oxygen atoms in total. The second-order valence-corrected chi connectivity index (χ2v) is 9.18. The number of rotatable bonds is 8. The lowest BCUT2D eigenvalue weighted by Crippen LogP contribution is -2.33. The third-order valence-corrected chi connectivity index (χ3v) is 6.66. The highest BCUT2D eigenvalue weighted by atomic mass is 79.9. The SMILES string of the molecule is O=C(O)COc1cccc2c1CCCC2N(c1cnc(Oc2ccc(F)cc2)c(Br)c1)S(=O)[O-]. The fourth-order valence-corrected chi connectivity index (χ4v) is 5.02. The van der Waals surface area contributed by atoms with Crippen LogP contribution in [-0.4, -0.2) is 31.4 Å². The average Bonchev–Trinajstić information content (AvgIpc) is 2.81. The van der Waals surface area contributed by atoms with Crippen LogP contribution in [0.25, 0.3) is 0 Å². The van der Waals surface area contributed by atoms with Crippen molar-refractivity contribution in [1.82, 2.24) is 4.98 Å². The van der Waals surface area contributed by atoms with E-state index in [4.69, 9.17) is 14.6 Å². The first kappa shape index (κ1) is 24.1. The van der Waals surface area contributed by atoms with Crippen LogP contribution in [0.1, 0.15) is 30.0 Å². The zero-order chi connectivity index (χ0) is 24.2. The van der Waals surface area contributed by atoms with E-state index >= 15 is 0 Å². The van der Waals surface area contributed by atoms with Crippen molar-refractivity contribution in [1.29, 1.82) is 0 Å². The largest absolute Gasteiger partial charge is 0.755 e. The normalized spacial score (nSPS) is 15.8. The standard InChI is InChI=1S/C23H20BrFN2O6S/c24-19-11-15(12-26-23(19)33-16-9-7-14(25)8-10-16)27(34(30)31)20-5-1-4-18-17(20)3-2-6-21(18)32-13-22(28)29/h2-3,6-12,20H,1,4-5,13H2,(H,28,29)(H,30,31)/p-1. The van der Waals surface area contributed by atoms with E-state index < -0.39 is 35.7 Å². The molecule has 0 spiro atoms. The Morgan fingerprint density at radius 2 is 2.06 bits per heavy atom.